The van der Waals surface area contributed by atoms with Gasteiger partial charge in [-0.1, -0.05) is 51.0 Å². The topological polar surface area (TPSA) is 62.6 Å². The molecule has 2 unspecified atom stereocenters. The van der Waals surface area contributed by atoms with Crippen LogP contribution in [0.25, 0.3) is 0 Å². The molecule has 5 heteroatoms. The number of carbonyl (C=O) groups is 2. The van der Waals surface area contributed by atoms with E-state index < -0.39 is 6.04 Å². The third-order valence-electron chi connectivity index (χ3n) is 5.35. The van der Waals surface area contributed by atoms with Gasteiger partial charge in [0.25, 0.3) is 5.91 Å². The summed E-state index contributed by atoms with van der Waals surface area (Å²) < 4.78 is 5.30. The minimum Gasteiger partial charge on any atom is -0.459 e. The quantitative estimate of drug-likeness (QED) is 0.781. The maximum absolute atomic E-state index is 13.1. The maximum atomic E-state index is 13.1. The molecule has 1 aliphatic rings. The number of amides is 2. The molecule has 0 fully saturated rings. The van der Waals surface area contributed by atoms with Gasteiger partial charge in [-0.15, -0.1) is 0 Å². The van der Waals surface area contributed by atoms with Crippen LogP contribution in [0.2, 0.25) is 0 Å². The first kappa shape index (κ1) is 20.2. The van der Waals surface area contributed by atoms with Crippen molar-refractivity contribution >= 4 is 11.8 Å². The number of nitrogens with zero attached hydrogens (tertiary/aromatic N) is 1. The standard InChI is InChI=1S/C23H30N2O3/c1-16(2)8-6-9-17(3)24-22(26)20-14-18-10-4-5-11-19(18)15-25(20)23(27)21-12-7-13-28-21/h4-5,7,10-13,16-17,20H,6,8-9,14-15H2,1-3H3,(H,24,26). The lowest BCUT2D eigenvalue weighted by Crippen LogP contribution is -2.54. The summed E-state index contributed by atoms with van der Waals surface area (Å²) in [7, 11) is 0. The molecule has 0 saturated heterocycles. The van der Waals surface area contributed by atoms with Crippen LogP contribution in [0.4, 0.5) is 0 Å². The zero-order chi connectivity index (χ0) is 20.1. The first-order valence-corrected chi connectivity index (χ1v) is 10.2. The van der Waals surface area contributed by atoms with Gasteiger partial charge in [0.2, 0.25) is 5.91 Å². The Hall–Kier alpha value is -2.56. The fraction of sp³-hybridized carbons (Fsp3) is 0.478. The van der Waals surface area contributed by atoms with E-state index in [-0.39, 0.29) is 23.6 Å². The van der Waals surface area contributed by atoms with Gasteiger partial charge in [0.1, 0.15) is 6.04 Å². The van der Waals surface area contributed by atoms with Crippen molar-refractivity contribution in [3.05, 3.63) is 59.5 Å². The zero-order valence-electron chi connectivity index (χ0n) is 17.0. The second kappa shape index (κ2) is 9.09. The molecule has 2 amide bonds. The number of rotatable bonds is 7. The SMILES string of the molecule is CC(C)CCCC(C)NC(=O)C1Cc2ccccc2CN1C(=O)c1ccco1. The monoisotopic (exact) mass is 382 g/mol. The van der Waals surface area contributed by atoms with E-state index in [2.05, 4.69) is 19.2 Å². The molecule has 0 saturated carbocycles. The van der Waals surface area contributed by atoms with Crippen LogP contribution in [0, 0.1) is 5.92 Å². The molecule has 5 nitrogen and oxygen atoms in total. The fourth-order valence-corrected chi connectivity index (χ4v) is 3.76. The molecular formula is C23H30N2O3. The van der Waals surface area contributed by atoms with E-state index in [1.54, 1.807) is 17.0 Å². The predicted octanol–water partition coefficient (Wildman–Crippen LogP) is 4.18. The van der Waals surface area contributed by atoms with E-state index in [1.165, 1.54) is 6.26 Å². The van der Waals surface area contributed by atoms with Crippen molar-refractivity contribution in [2.24, 2.45) is 5.92 Å². The van der Waals surface area contributed by atoms with Gasteiger partial charge in [0.15, 0.2) is 5.76 Å². The molecule has 1 aromatic heterocycles. The second-order valence-electron chi connectivity index (χ2n) is 8.13. The minimum absolute atomic E-state index is 0.0870. The normalized spacial score (nSPS) is 17.3. The number of carbonyl (C=O) groups excluding carboxylic acids is 2. The van der Waals surface area contributed by atoms with Gasteiger partial charge >= 0.3 is 0 Å². The summed E-state index contributed by atoms with van der Waals surface area (Å²) in [6.45, 7) is 6.87. The predicted molar refractivity (Wildman–Crippen MR) is 109 cm³/mol. The van der Waals surface area contributed by atoms with Gasteiger partial charge in [-0.05, 0) is 42.5 Å². The van der Waals surface area contributed by atoms with Crippen molar-refractivity contribution in [1.29, 1.82) is 0 Å². The van der Waals surface area contributed by atoms with E-state index >= 15 is 0 Å². The van der Waals surface area contributed by atoms with Crippen molar-refractivity contribution in [3.63, 3.8) is 0 Å². The molecule has 2 heterocycles. The summed E-state index contributed by atoms with van der Waals surface area (Å²) in [5.41, 5.74) is 2.20. The number of benzene rings is 1. The second-order valence-corrected chi connectivity index (χ2v) is 8.13. The Morgan fingerprint density at radius 1 is 1.11 bits per heavy atom. The molecule has 3 rings (SSSR count). The molecule has 1 aromatic carbocycles. The molecule has 0 spiro atoms. The van der Waals surface area contributed by atoms with E-state index in [9.17, 15) is 9.59 Å². The van der Waals surface area contributed by atoms with Gasteiger partial charge in [-0.25, -0.2) is 0 Å². The average molecular weight is 383 g/mol. The summed E-state index contributed by atoms with van der Waals surface area (Å²) in [6.07, 6.45) is 5.19. The molecule has 0 bridgehead atoms. The average Bonchev–Trinajstić information content (AvgIpc) is 3.20. The lowest BCUT2D eigenvalue weighted by atomic mass is 9.93. The number of hydrogen-bond acceptors (Lipinski definition) is 3. The number of nitrogens with one attached hydrogen (secondary N) is 1. The van der Waals surface area contributed by atoms with E-state index in [0.29, 0.717) is 18.9 Å². The van der Waals surface area contributed by atoms with Gasteiger partial charge in [0, 0.05) is 19.0 Å². The van der Waals surface area contributed by atoms with Gasteiger partial charge in [-0.2, -0.15) is 0 Å². The Kier molecular flexibility index (Phi) is 6.55. The summed E-state index contributed by atoms with van der Waals surface area (Å²) in [5, 5.41) is 3.12. The van der Waals surface area contributed by atoms with Crippen LogP contribution < -0.4 is 5.32 Å². The minimum atomic E-state index is -0.528. The molecule has 1 N–H and O–H groups in total. The van der Waals surface area contributed by atoms with Crippen LogP contribution in [0.3, 0.4) is 0 Å². The molecule has 0 radical (unpaired) electrons. The van der Waals surface area contributed by atoms with Crippen LogP contribution in [-0.4, -0.2) is 28.8 Å². The smallest absolute Gasteiger partial charge is 0.290 e. The number of fused-ring (bicyclic) bond motifs is 1. The molecule has 0 aliphatic carbocycles. The maximum Gasteiger partial charge on any atom is 0.290 e. The Balaban J connectivity index is 1.73. The number of hydrogen-bond donors (Lipinski definition) is 1. The summed E-state index contributed by atoms with van der Waals surface area (Å²) in [4.78, 5) is 27.7. The van der Waals surface area contributed by atoms with Crippen LogP contribution >= 0.6 is 0 Å². The van der Waals surface area contributed by atoms with Gasteiger partial charge in [0.05, 0.1) is 6.26 Å². The van der Waals surface area contributed by atoms with Crippen LogP contribution in [0.15, 0.2) is 47.1 Å². The Labute approximate surface area is 167 Å². The Bertz CT molecular complexity index is 798. The van der Waals surface area contributed by atoms with Crippen molar-refractivity contribution in [2.75, 3.05) is 0 Å². The molecule has 28 heavy (non-hydrogen) atoms. The highest BCUT2D eigenvalue weighted by Crippen LogP contribution is 2.25. The lowest BCUT2D eigenvalue weighted by molar-refractivity contribution is -0.126. The summed E-state index contributed by atoms with van der Waals surface area (Å²) >= 11 is 0. The largest absolute Gasteiger partial charge is 0.459 e. The van der Waals surface area contributed by atoms with Gasteiger partial charge < -0.3 is 14.6 Å². The highest BCUT2D eigenvalue weighted by molar-refractivity contribution is 5.96. The first-order chi connectivity index (χ1) is 13.5. The van der Waals surface area contributed by atoms with E-state index in [0.717, 1.165) is 30.4 Å². The van der Waals surface area contributed by atoms with Crippen LogP contribution in [-0.2, 0) is 17.8 Å². The molecule has 150 valence electrons. The fourth-order valence-electron chi connectivity index (χ4n) is 3.76. The third kappa shape index (κ3) is 4.83. The third-order valence-corrected chi connectivity index (χ3v) is 5.35. The van der Waals surface area contributed by atoms with Crippen molar-refractivity contribution in [3.8, 4) is 0 Å². The highest BCUT2D eigenvalue weighted by atomic mass is 16.3. The molecule has 2 atom stereocenters. The Morgan fingerprint density at radius 2 is 1.86 bits per heavy atom. The summed E-state index contributed by atoms with van der Waals surface area (Å²) in [5.74, 6) is 0.597. The first-order valence-electron chi connectivity index (χ1n) is 10.2. The summed E-state index contributed by atoms with van der Waals surface area (Å²) in [6, 6.07) is 10.9. The molecule has 2 aromatic rings. The van der Waals surface area contributed by atoms with Gasteiger partial charge in [-0.3, -0.25) is 9.59 Å². The van der Waals surface area contributed by atoms with Crippen molar-refractivity contribution < 1.29 is 14.0 Å². The van der Waals surface area contributed by atoms with E-state index in [4.69, 9.17) is 4.42 Å². The van der Waals surface area contributed by atoms with Crippen LogP contribution in [0.5, 0.6) is 0 Å². The van der Waals surface area contributed by atoms with Crippen molar-refractivity contribution in [1.82, 2.24) is 10.2 Å². The zero-order valence-corrected chi connectivity index (χ0v) is 17.0. The Morgan fingerprint density at radius 3 is 2.54 bits per heavy atom. The van der Waals surface area contributed by atoms with Crippen LogP contribution in [0.1, 0.15) is 61.7 Å². The van der Waals surface area contributed by atoms with E-state index in [1.807, 2.05) is 31.2 Å². The highest BCUT2D eigenvalue weighted by Gasteiger charge is 2.36. The lowest BCUT2D eigenvalue weighted by Gasteiger charge is -2.36. The van der Waals surface area contributed by atoms with Crippen molar-refractivity contribution in [2.45, 2.75) is 65.1 Å². The molecule has 1 aliphatic heterocycles. The number of furan rings is 1. The molecular weight excluding hydrogens is 352 g/mol.